The number of para-hydroxylation sites is 1. The Hall–Kier alpha value is -4.54. The van der Waals surface area contributed by atoms with Gasteiger partial charge in [-0.2, -0.15) is 9.97 Å². The highest BCUT2D eigenvalue weighted by atomic mass is 35.5. The monoisotopic (exact) mass is 616 g/mol. The highest BCUT2D eigenvalue weighted by Crippen LogP contribution is 2.27. The summed E-state index contributed by atoms with van der Waals surface area (Å²) >= 11 is 12.1. The molecule has 0 saturated carbocycles. The quantitative estimate of drug-likeness (QED) is 0.215. The van der Waals surface area contributed by atoms with Gasteiger partial charge in [0.25, 0.3) is 0 Å². The molecule has 0 aliphatic carbocycles. The average Bonchev–Trinajstić information content (AvgIpc) is 3.44. The van der Waals surface area contributed by atoms with Crippen LogP contribution in [0.5, 0.6) is 5.75 Å². The van der Waals surface area contributed by atoms with Gasteiger partial charge in [0.1, 0.15) is 5.75 Å². The molecule has 220 valence electrons. The molecule has 3 aromatic carbocycles. The molecule has 1 saturated heterocycles. The van der Waals surface area contributed by atoms with E-state index in [1.54, 1.807) is 36.5 Å². The molecule has 0 radical (unpaired) electrons. The summed E-state index contributed by atoms with van der Waals surface area (Å²) in [6.45, 7) is 3.27. The minimum Gasteiger partial charge on any atom is -0.496 e. The number of fused-ring (bicyclic) bond motifs is 1. The van der Waals surface area contributed by atoms with Gasteiger partial charge in [0, 0.05) is 44.0 Å². The molecule has 12 heteroatoms. The number of imidazole rings is 1. The van der Waals surface area contributed by atoms with E-state index in [0.29, 0.717) is 72.3 Å². The summed E-state index contributed by atoms with van der Waals surface area (Å²) in [4.78, 5) is 31.4. The Bertz CT molecular complexity index is 1740. The van der Waals surface area contributed by atoms with Crippen molar-refractivity contribution in [3.8, 4) is 5.75 Å². The maximum absolute atomic E-state index is 12.9. The molecule has 0 spiro atoms. The minimum atomic E-state index is -0.200. The lowest BCUT2D eigenvalue weighted by Gasteiger charge is -2.34. The number of urea groups is 1. The lowest BCUT2D eigenvalue weighted by atomic mass is 10.2. The van der Waals surface area contributed by atoms with Crippen molar-refractivity contribution in [2.24, 2.45) is 0 Å². The second-order valence-corrected chi connectivity index (χ2v) is 10.9. The van der Waals surface area contributed by atoms with E-state index in [-0.39, 0.29) is 6.03 Å². The molecule has 1 fully saturated rings. The number of ether oxygens (including phenoxy) is 1. The zero-order valence-electron chi connectivity index (χ0n) is 23.5. The van der Waals surface area contributed by atoms with E-state index in [4.69, 9.17) is 37.9 Å². The summed E-state index contributed by atoms with van der Waals surface area (Å²) in [5.41, 5.74) is 4.16. The number of carbonyl (C=O) groups is 1. The van der Waals surface area contributed by atoms with Crippen molar-refractivity contribution in [2.45, 2.75) is 13.1 Å². The number of piperazine rings is 1. The van der Waals surface area contributed by atoms with Crippen LogP contribution >= 0.6 is 23.2 Å². The van der Waals surface area contributed by atoms with E-state index in [9.17, 15) is 4.79 Å². The number of nitrogens with one attached hydrogen (secondary N) is 2. The zero-order valence-corrected chi connectivity index (χ0v) is 25.0. The zero-order chi connectivity index (χ0) is 29.8. The van der Waals surface area contributed by atoms with E-state index in [2.05, 4.69) is 32.7 Å². The summed E-state index contributed by atoms with van der Waals surface area (Å²) in [6.07, 6.45) is 1.80. The van der Waals surface area contributed by atoms with Gasteiger partial charge >= 0.3 is 6.03 Å². The Kier molecular flexibility index (Phi) is 8.48. The van der Waals surface area contributed by atoms with Gasteiger partial charge in [-0.1, -0.05) is 71.7 Å². The largest absolute Gasteiger partial charge is 0.496 e. The number of amides is 2. The van der Waals surface area contributed by atoms with Crippen molar-refractivity contribution in [1.82, 2.24) is 24.4 Å². The van der Waals surface area contributed by atoms with E-state index in [1.165, 1.54) is 0 Å². The summed E-state index contributed by atoms with van der Waals surface area (Å²) in [6, 6.07) is 22.9. The van der Waals surface area contributed by atoms with Crippen LogP contribution in [0.3, 0.4) is 0 Å². The minimum absolute atomic E-state index is 0.200. The number of nitrogens with zero attached hydrogens (tertiary/aromatic N) is 6. The molecule has 2 aromatic heterocycles. The van der Waals surface area contributed by atoms with E-state index in [1.807, 2.05) is 47.0 Å². The Balaban J connectivity index is 1.23. The van der Waals surface area contributed by atoms with Crippen LogP contribution in [-0.4, -0.2) is 63.7 Å². The van der Waals surface area contributed by atoms with E-state index in [0.717, 1.165) is 22.5 Å². The molecule has 3 heterocycles. The molecule has 0 bridgehead atoms. The Morgan fingerprint density at radius 3 is 2.47 bits per heavy atom. The van der Waals surface area contributed by atoms with Crippen molar-refractivity contribution in [3.05, 3.63) is 100 Å². The van der Waals surface area contributed by atoms with E-state index < -0.39 is 0 Å². The average molecular weight is 618 g/mol. The molecule has 2 N–H and O–H groups in total. The van der Waals surface area contributed by atoms with Crippen molar-refractivity contribution in [2.75, 3.05) is 48.8 Å². The Morgan fingerprint density at radius 1 is 0.930 bits per heavy atom. The molecule has 6 rings (SSSR count). The number of hydrogen-bond acceptors (Lipinski definition) is 7. The van der Waals surface area contributed by atoms with Gasteiger partial charge in [0.05, 0.1) is 30.0 Å². The standard InChI is InChI=1S/C31H30Cl2N8O2/c1-43-26-10-6-5-9-22(26)18-34-28-27-29(41(20-35-27)19-21-7-3-2-4-8-21)38-30(37-28)39-13-15-40(16-14-39)31(42)36-23-11-12-24(32)25(33)17-23/h2-12,17,20H,13-16,18-19H2,1H3,(H,36,42)(H,34,37,38). The number of methoxy groups -OCH3 is 1. The molecule has 5 aromatic rings. The number of rotatable bonds is 8. The Labute approximate surface area is 259 Å². The van der Waals surface area contributed by atoms with Gasteiger partial charge in [-0.15, -0.1) is 0 Å². The number of anilines is 3. The number of carbonyl (C=O) groups excluding carboxylic acids is 1. The first-order valence-electron chi connectivity index (χ1n) is 13.9. The molecular weight excluding hydrogens is 587 g/mol. The third-order valence-electron chi connectivity index (χ3n) is 7.31. The van der Waals surface area contributed by atoms with Gasteiger partial charge in [-0.3, -0.25) is 0 Å². The maximum atomic E-state index is 12.9. The van der Waals surface area contributed by atoms with Crippen molar-refractivity contribution < 1.29 is 9.53 Å². The fourth-order valence-corrected chi connectivity index (χ4v) is 5.31. The van der Waals surface area contributed by atoms with Crippen LogP contribution < -0.4 is 20.3 Å². The topological polar surface area (TPSA) is 100 Å². The number of benzene rings is 3. The van der Waals surface area contributed by atoms with Crippen LogP contribution in [0.1, 0.15) is 11.1 Å². The first kappa shape index (κ1) is 28.6. The van der Waals surface area contributed by atoms with E-state index >= 15 is 0 Å². The number of halogens is 2. The molecular formula is C31H30Cl2N8O2. The van der Waals surface area contributed by atoms with Crippen LogP contribution in [0.2, 0.25) is 10.0 Å². The molecule has 43 heavy (non-hydrogen) atoms. The third-order valence-corrected chi connectivity index (χ3v) is 8.05. The van der Waals surface area contributed by atoms with Crippen LogP contribution in [0.4, 0.5) is 22.2 Å². The smallest absolute Gasteiger partial charge is 0.321 e. The van der Waals surface area contributed by atoms with Crippen LogP contribution in [-0.2, 0) is 13.1 Å². The summed E-state index contributed by atoms with van der Waals surface area (Å²) in [5, 5.41) is 7.19. The van der Waals surface area contributed by atoms with Crippen LogP contribution in [0.25, 0.3) is 11.2 Å². The highest BCUT2D eigenvalue weighted by Gasteiger charge is 2.25. The molecule has 0 unspecified atom stereocenters. The molecule has 10 nitrogen and oxygen atoms in total. The highest BCUT2D eigenvalue weighted by molar-refractivity contribution is 6.42. The molecule has 1 aliphatic rings. The predicted molar refractivity (Wildman–Crippen MR) is 170 cm³/mol. The summed E-state index contributed by atoms with van der Waals surface area (Å²) in [5.74, 6) is 2.01. The van der Waals surface area contributed by atoms with Gasteiger partial charge in [0.15, 0.2) is 17.0 Å². The summed E-state index contributed by atoms with van der Waals surface area (Å²) in [7, 11) is 1.66. The Morgan fingerprint density at radius 2 is 1.70 bits per heavy atom. The molecule has 2 amide bonds. The second-order valence-electron chi connectivity index (χ2n) is 10.1. The fourth-order valence-electron chi connectivity index (χ4n) is 5.01. The van der Waals surface area contributed by atoms with Gasteiger partial charge in [-0.25, -0.2) is 9.78 Å². The van der Waals surface area contributed by atoms with Crippen molar-refractivity contribution in [3.63, 3.8) is 0 Å². The summed E-state index contributed by atoms with van der Waals surface area (Å²) < 4.78 is 7.57. The first-order chi connectivity index (χ1) is 21.0. The maximum Gasteiger partial charge on any atom is 0.321 e. The number of hydrogen-bond donors (Lipinski definition) is 2. The van der Waals surface area contributed by atoms with Gasteiger partial charge in [0.2, 0.25) is 5.95 Å². The van der Waals surface area contributed by atoms with Crippen LogP contribution in [0, 0.1) is 0 Å². The van der Waals surface area contributed by atoms with Crippen molar-refractivity contribution in [1.29, 1.82) is 0 Å². The van der Waals surface area contributed by atoms with Crippen LogP contribution in [0.15, 0.2) is 79.1 Å². The molecule has 0 atom stereocenters. The van der Waals surface area contributed by atoms with Crippen molar-refractivity contribution >= 4 is 57.9 Å². The lowest BCUT2D eigenvalue weighted by molar-refractivity contribution is 0.208. The SMILES string of the molecule is COc1ccccc1CNc1nc(N2CCN(C(=O)Nc3ccc(Cl)c(Cl)c3)CC2)nc2c1ncn2Cc1ccccc1. The van der Waals surface area contributed by atoms with Gasteiger partial charge in [-0.05, 0) is 29.8 Å². The molecule has 1 aliphatic heterocycles. The fraction of sp³-hybridized carbons (Fsp3) is 0.226. The predicted octanol–water partition coefficient (Wildman–Crippen LogP) is 6.16. The lowest BCUT2D eigenvalue weighted by Crippen LogP contribution is -2.50. The normalized spacial score (nSPS) is 13.3. The third kappa shape index (κ3) is 6.45. The van der Waals surface area contributed by atoms with Gasteiger partial charge < -0.3 is 29.7 Å². The first-order valence-corrected chi connectivity index (χ1v) is 14.6. The number of aromatic nitrogens is 4. The second kappa shape index (κ2) is 12.8.